The molecule has 2 aliphatic carbocycles. The fourth-order valence-corrected chi connectivity index (χ4v) is 3.81. The highest BCUT2D eigenvalue weighted by molar-refractivity contribution is 6.58. The molecular weight excluding hydrogens is 417 g/mol. The summed E-state index contributed by atoms with van der Waals surface area (Å²) in [5.41, 5.74) is 6.49. The number of hydrogen-bond acceptors (Lipinski definition) is 3. The third-order valence-electron chi connectivity index (χ3n) is 5.67. The van der Waals surface area contributed by atoms with Crippen LogP contribution in [0, 0.1) is 0 Å². The van der Waals surface area contributed by atoms with E-state index >= 15 is 0 Å². The quantitative estimate of drug-likeness (QED) is 0.373. The van der Waals surface area contributed by atoms with Crippen LogP contribution in [0.1, 0.15) is 24.8 Å². The second-order valence-corrected chi connectivity index (χ2v) is 8.09. The highest BCUT2D eigenvalue weighted by Crippen LogP contribution is 2.23. The van der Waals surface area contributed by atoms with Gasteiger partial charge in [-0.25, -0.2) is 0 Å². The maximum absolute atomic E-state index is 9.09. The molecule has 2 aromatic carbocycles. The van der Waals surface area contributed by atoms with Crippen LogP contribution in [0.25, 0.3) is 5.57 Å². The smallest absolute Gasteiger partial charge is 0.423 e. The molecule has 1 atom stereocenters. The van der Waals surface area contributed by atoms with Crippen LogP contribution >= 0.6 is 0 Å². The summed E-state index contributed by atoms with van der Waals surface area (Å²) in [7, 11) is -1.42. The molecule has 0 aromatic heterocycles. The van der Waals surface area contributed by atoms with E-state index in [2.05, 4.69) is 67.1 Å². The molecular formula is C30H32BNO2. The Morgan fingerprint density at radius 1 is 1.03 bits per heavy atom. The Kier molecular flexibility index (Phi) is 9.72. The molecule has 0 heterocycles. The number of allylic oxidation sites excluding steroid dienone is 10. The predicted molar refractivity (Wildman–Crippen MR) is 147 cm³/mol. The molecule has 4 rings (SSSR count). The first kappa shape index (κ1) is 25.0. The van der Waals surface area contributed by atoms with Crippen molar-refractivity contribution in [1.82, 2.24) is 0 Å². The zero-order valence-electron chi connectivity index (χ0n) is 19.5. The molecule has 1 unspecified atom stereocenters. The van der Waals surface area contributed by atoms with Crippen LogP contribution in [0.5, 0.6) is 0 Å². The lowest BCUT2D eigenvalue weighted by atomic mass is 9.80. The van der Waals surface area contributed by atoms with Gasteiger partial charge in [0.25, 0.3) is 0 Å². The van der Waals surface area contributed by atoms with Crippen molar-refractivity contribution in [2.45, 2.75) is 25.3 Å². The van der Waals surface area contributed by atoms with E-state index in [0.29, 0.717) is 5.46 Å². The molecule has 2 aliphatic rings. The first-order valence-electron chi connectivity index (χ1n) is 11.6. The van der Waals surface area contributed by atoms with Gasteiger partial charge in [-0.15, -0.1) is 0 Å². The molecule has 34 heavy (non-hydrogen) atoms. The van der Waals surface area contributed by atoms with Gasteiger partial charge in [0.1, 0.15) is 0 Å². The van der Waals surface area contributed by atoms with Crippen molar-refractivity contribution in [3.05, 3.63) is 139 Å². The Labute approximate surface area is 203 Å². The Balaban J connectivity index is 0.000000229. The third-order valence-corrected chi connectivity index (χ3v) is 5.67. The summed E-state index contributed by atoms with van der Waals surface area (Å²) in [6.45, 7) is 7.45. The van der Waals surface area contributed by atoms with Crippen molar-refractivity contribution < 1.29 is 10.0 Å². The van der Waals surface area contributed by atoms with Gasteiger partial charge in [0, 0.05) is 11.7 Å². The summed E-state index contributed by atoms with van der Waals surface area (Å²) < 4.78 is 0. The Bertz CT molecular complexity index is 1110. The molecule has 3 nitrogen and oxygen atoms in total. The van der Waals surface area contributed by atoms with Gasteiger partial charge in [-0.3, -0.25) is 0 Å². The molecule has 0 saturated carbocycles. The fourth-order valence-electron chi connectivity index (χ4n) is 3.81. The highest BCUT2D eigenvalue weighted by Gasteiger charge is 2.12. The minimum atomic E-state index is -1.42. The fraction of sp³-hybridized carbons (Fsp3) is 0.133. The second kappa shape index (κ2) is 13.2. The van der Waals surface area contributed by atoms with E-state index in [9.17, 15) is 0 Å². The van der Waals surface area contributed by atoms with Crippen LogP contribution in [0.3, 0.4) is 0 Å². The standard InChI is InChI=1S/C18H18BNO2.C12H14/c21-19(22)16-8-12-18(13-9-16)20-17-10-6-15(7-11-17)14-4-2-1-3-5-14;1-3-8-11(4-2)12-9-6-5-7-10-12/h1-10,12-13,17,20-22H,11H2;3-6,8-9H,1-2,7,10H2/b;11-8+. The van der Waals surface area contributed by atoms with Crippen LogP contribution in [0.2, 0.25) is 0 Å². The van der Waals surface area contributed by atoms with Crippen LogP contribution in [0.4, 0.5) is 5.69 Å². The monoisotopic (exact) mass is 449 g/mol. The van der Waals surface area contributed by atoms with Crippen LogP contribution in [-0.4, -0.2) is 23.2 Å². The minimum absolute atomic E-state index is 0.248. The maximum atomic E-state index is 9.09. The van der Waals surface area contributed by atoms with Crippen LogP contribution in [0.15, 0.2) is 134 Å². The maximum Gasteiger partial charge on any atom is 0.488 e. The lowest BCUT2D eigenvalue weighted by Crippen LogP contribution is -2.29. The van der Waals surface area contributed by atoms with Gasteiger partial charge >= 0.3 is 7.12 Å². The van der Waals surface area contributed by atoms with Crippen molar-refractivity contribution in [3.63, 3.8) is 0 Å². The van der Waals surface area contributed by atoms with Crippen molar-refractivity contribution in [2.24, 2.45) is 0 Å². The Morgan fingerprint density at radius 2 is 1.79 bits per heavy atom. The summed E-state index contributed by atoms with van der Waals surface area (Å²) in [5.74, 6) is 0. The van der Waals surface area contributed by atoms with E-state index in [0.717, 1.165) is 24.9 Å². The molecule has 2 aromatic rings. The molecule has 0 bridgehead atoms. The first-order chi connectivity index (χ1) is 16.6. The third kappa shape index (κ3) is 7.48. The molecule has 0 radical (unpaired) electrons. The van der Waals surface area contributed by atoms with Gasteiger partial charge < -0.3 is 15.4 Å². The van der Waals surface area contributed by atoms with E-state index < -0.39 is 7.12 Å². The number of hydrogen-bond donors (Lipinski definition) is 3. The van der Waals surface area contributed by atoms with Gasteiger partial charge in [-0.05, 0) is 59.1 Å². The molecule has 0 spiro atoms. The first-order valence-corrected chi connectivity index (χ1v) is 11.6. The number of rotatable bonds is 7. The number of anilines is 1. The Morgan fingerprint density at radius 3 is 2.35 bits per heavy atom. The molecule has 172 valence electrons. The average Bonchev–Trinajstić information content (AvgIpc) is 2.89. The molecule has 0 amide bonds. The van der Waals surface area contributed by atoms with Crippen LogP contribution in [-0.2, 0) is 0 Å². The molecule has 0 aliphatic heterocycles. The Hall–Kier alpha value is -3.60. The largest absolute Gasteiger partial charge is 0.488 e. The summed E-state index contributed by atoms with van der Waals surface area (Å²) in [5, 5.41) is 21.6. The normalized spacial score (nSPS) is 17.0. The molecule has 0 fully saturated rings. The minimum Gasteiger partial charge on any atom is -0.423 e. The van der Waals surface area contributed by atoms with Crippen molar-refractivity contribution >= 4 is 23.8 Å². The highest BCUT2D eigenvalue weighted by atomic mass is 16.4. The predicted octanol–water partition coefficient (Wildman–Crippen LogP) is 5.75. The van der Waals surface area contributed by atoms with Crippen molar-refractivity contribution in [3.8, 4) is 0 Å². The SMILES string of the molecule is C=C/C=C(\C=C)C1=CC=CCC1.OB(O)c1ccc(NC2C=CC(c3ccccc3)=CC2)cc1. The molecule has 0 saturated heterocycles. The lowest BCUT2D eigenvalue weighted by Gasteiger charge is -2.19. The molecule has 4 heteroatoms. The van der Waals surface area contributed by atoms with Gasteiger partial charge in [-0.2, -0.15) is 0 Å². The second-order valence-electron chi connectivity index (χ2n) is 8.09. The lowest BCUT2D eigenvalue weighted by molar-refractivity contribution is 0.426. The van der Waals surface area contributed by atoms with E-state index in [4.69, 9.17) is 10.0 Å². The topological polar surface area (TPSA) is 52.5 Å². The van der Waals surface area contributed by atoms with Gasteiger partial charge in [0.05, 0.1) is 0 Å². The summed E-state index contributed by atoms with van der Waals surface area (Å²) in [4.78, 5) is 0. The van der Waals surface area contributed by atoms with E-state index in [1.807, 2.05) is 42.5 Å². The number of nitrogens with one attached hydrogen (secondary N) is 1. The zero-order chi connectivity index (χ0) is 24.2. The van der Waals surface area contributed by atoms with Gasteiger partial charge in [0.2, 0.25) is 0 Å². The van der Waals surface area contributed by atoms with E-state index in [-0.39, 0.29) is 6.04 Å². The van der Waals surface area contributed by atoms with Crippen molar-refractivity contribution in [1.29, 1.82) is 0 Å². The van der Waals surface area contributed by atoms with Gasteiger partial charge in [-0.1, -0.05) is 110 Å². The zero-order valence-corrected chi connectivity index (χ0v) is 19.5. The van der Waals surface area contributed by atoms with E-state index in [1.54, 1.807) is 18.2 Å². The summed E-state index contributed by atoms with van der Waals surface area (Å²) in [6.07, 6.45) is 21.8. The van der Waals surface area contributed by atoms with Crippen LogP contribution < -0.4 is 10.8 Å². The number of benzene rings is 2. The van der Waals surface area contributed by atoms with E-state index in [1.165, 1.54) is 22.3 Å². The van der Waals surface area contributed by atoms with Gasteiger partial charge in [0.15, 0.2) is 0 Å². The summed E-state index contributed by atoms with van der Waals surface area (Å²) >= 11 is 0. The molecule has 3 N–H and O–H groups in total. The summed E-state index contributed by atoms with van der Waals surface area (Å²) in [6, 6.07) is 17.7. The van der Waals surface area contributed by atoms with Crippen molar-refractivity contribution in [2.75, 3.05) is 5.32 Å². The average molecular weight is 449 g/mol.